The van der Waals surface area contributed by atoms with Crippen LogP contribution in [0, 0.1) is 6.92 Å². The second-order valence-corrected chi connectivity index (χ2v) is 7.42. The molecule has 0 bridgehead atoms. The van der Waals surface area contributed by atoms with Gasteiger partial charge in [0.15, 0.2) is 11.2 Å². The van der Waals surface area contributed by atoms with Crippen LogP contribution in [-0.2, 0) is 13.6 Å². The Kier molecular flexibility index (Phi) is 4.74. The molecule has 0 N–H and O–H groups in total. The fraction of sp³-hybridized carbons (Fsp3) is 0.318. The lowest BCUT2D eigenvalue weighted by molar-refractivity contribution is 0.532. The standard InChI is InChI=1S/C22H25N5O2/c1-5-15(2)27-16(3)14-26-18-19(23-21(26)27)24(4)22(29)25(20(18)28)13-9-12-17-10-7-6-8-11-17/h6-12,14-15H,5,13H2,1-4H3/b12-9+/t15-/m1/s1. The Morgan fingerprint density at radius 1 is 1.17 bits per heavy atom. The van der Waals surface area contributed by atoms with Crippen LogP contribution >= 0.6 is 0 Å². The number of rotatable bonds is 5. The first-order valence-corrected chi connectivity index (χ1v) is 9.85. The molecule has 150 valence electrons. The monoisotopic (exact) mass is 391 g/mol. The highest BCUT2D eigenvalue weighted by Gasteiger charge is 2.21. The van der Waals surface area contributed by atoms with Crippen molar-refractivity contribution in [2.45, 2.75) is 39.8 Å². The molecule has 3 aromatic heterocycles. The molecular weight excluding hydrogens is 366 g/mol. The summed E-state index contributed by atoms with van der Waals surface area (Å²) >= 11 is 0. The second kappa shape index (κ2) is 7.24. The summed E-state index contributed by atoms with van der Waals surface area (Å²) in [7, 11) is 1.66. The Morgan fingerprint density at radius 2 is 1.90 bits per heavy atom. The van der Waals surface area contributed by atoms with E-state index in [4.69, 9.17) is 0 Å². The van der Waals surface area contributed by atoms with Crippen molar-refractivity contribution in [3.63, 3.8) is 0 Å². The summed E-state index contributed by atoms with van der Waals surface area (Å²) < 4.78 is 6.64. The third-order valence-corrected chi connectivity index (χ3v) is 5.50. The second-order valence-electron chi connectivity index (χ2n) is 7.42. The van der Waals surface area contributed by atoms with Gasteiger partial charge in [-0.25, -0.2) is 4.79 Å². The van der Waals surface area contributed by atoms with E-state index < -0.39 is 0 Å². The molecule has 3 heterocycles. The van der Waals surface area contributed by atoms with Gasteiger partial charge < -0.3 is 4.57 Å². The zero-order valence-corrected chi connectivity index (χ0v) is 17.2. The van der Waals surface area contributed by atoms with Crippen LogP contribution in [0.4, 0.5) is 0 Å². The quantitative estimate of drug-likeness (QED) is 0.525. The summed E-state index contributed by atoms with van der Waals surface area (Å²) in [5.41, 5.74) is 2.21. The zero-order valence-electron chi connectivity index (χ0n) is 17.2. The molecule has 0 aliphatic heterocycles. The Hall–Kier alpha value is -3.35. The SMILES string of the molecule is CC[C@@H](C)n1c(C)cn2c3c(=O)n(C/C=C/c4ccccc4)c(=O)n(C)c3nc12. The zero-order chi connectivity index (χ0) is 20.7. The maximum atomic E-state index is 13.2. The van der Waals surface area contributed by atoms with Gasteiger partial charge in [-0.3, -0.25) is 18.3 Å². The maximum absolute atomic E-state index is 13.2. The predicted octanol–water partition coefficient (Wildman–Crippen LogP) is 3.14. The number of aromatic nitrogens is 5. The van der Waals surface area contributed by atoms with Gasteiger partial charge in [0, 0.05) is 31.5 Å². The Balaban J connectivity index is 1.89. The largest absolute Gasteiger partial charge is 0.332 e. The molecule has 1 aromatic carbocycles. The molecule has 0 amide bonds. The van der Waals surface area contributed by atoms with Gasteiger partial charge in [0.05, 0.1) is 0 Å². The fourth-order valence-corrected chi connectivity index (χ4v) is 3.77. The lowest BCUT2D eigenvalue weighted by Crippen LogP contribution is -2.39. The van der Waals surface area contributed by atoms with Crippen LogP contribution in [0.25, 0.3) is 23.0 Å². The van der Waals surface area contributed by atoms with Gasteiger partial charge in [-0.05, 0) is 25.8 Å². The fourth-order valence-electron chi connectivity index (χ4n) is 3.77. The summed E-state index contributed by atoms with van der Waals surface area (Å²) in [6.45, 7) is 6.45. The topological polar surface area (TPSA) is 66.2 Å². The molecule has 0 saturated heterocycles. The summed E-state index contributed by atoms with van der Waals surface area (Å²) in [5.74, 6) is 0.691. The lowest BCUT2D eigenvalue weighted by Gasteiger charge is -2.12. The molecule has 0 fully saturated rings. The van der Waals surface area contributed by atoms with Gasteiger partial charge in [0.25, 0.3) is 5.56 Å². The van der Waals surface area contributed by atoms with Crippen LogP contribution in [0.5, 0.6) is 0 Å². The first-order chi connectivity index (χ1) is 13.9. The minimum absolute atomic E-state index is 0.203. The lowest BCUT2D eigenvalue weighted by atomic mass is 10.2. The Bertz CT molecular complexity index is 1340. The summed E-state index contributed by atoms with van der Waals surface area (Å²) in [5, 5.41) is 0. The molecule has 0 spiro atoms. The van der Waals surface area contributed by atoms with Gasteiger partial charge in [-0.1, -0.05) is 49.4 Å². The summed E-state index contributed by atoms with van der Waals surface area (Å²) in [6.07, 6.45) is 6.61. The van der Waals surface area contributed by atoms with Gasteiger partial charge in [-0.15, -0.1) is 0 Å². The normalized spacial score (nSPS) is 13.1. The molecular formula is C22H25N5O2. The van der Waals surface area contributed by atoms with E-state index in [2.05, 4.69) is 23.4 Å². The van der Waals surface area contributed by atoms with E-state index in [1.165, 1.54) is 9.13 Å². The first-order valence-electron chi connectivity index (χ1n) is 9.85. The van der Waals surface area contributed by atoms with E-state index in [9.17, 15) is 9.59 Å². The average Bonchev–Trinajstić information content (AvgIpc) is 3.23. The van der Waals surface area contributed by atoms with Crippen molar-refractivity contribution in [3.8, 4) is 0 Å². The highest BCUT2D eigenvalue weighted by molar-refractivity contribution is 5.75. The van der Waals surface area contributed by atoms with Gasteiger partial charge in [-0.2, -0.15) is 4.98 Å². The van der Waals surface area contributed by atoms with Crippen molar-refractivity contribution >= 4 is 23.0 Å². The molecule has 7 nitrogen and oxygen atoms in total. The minimum Gasteiger partial charge on any atom is -0.311 e. The molecule has 0 aliphatic rings. The minimum atomic E-state index is -0.368. The number of benzene rings is 1. The molecule has 1 atom stereocenters. The first kappa shape index (κ1) is 19.0. The van der Waals surface area contributed by atoms with Gasteiger partial charge >= 0.3 is 5.69 Å². The van der Waals surface area contributed by atoms with Crippen LogP contribution < -0.4 is 11.2 Å². The summed E-state index contributed by atoms with van der Waals surface area (Å²) in [4.78, 5) is 30.7. The van der Waals surface area contributed by atoms with E-state index in [1.54, 1.807) is 7.05 Å². The number of imidazole rings is 2. The molecule has 4 rings (SSSR count). The molecule has 0 radical (unpaired) electrons. The van der Waals surface area contributed by atoms with Gasteiger partial charge in [0.2, 0.25) is 5.78 Å². The maximum Gasteiger partial charge on any atom is 0.332 e. The van der Waals surface area contributed by atoms with Crippen LogP contribution in [0.15, 0.2) is 52.2 Å². The van der Waals surface area contributed by atoms with E-state index in [0.717, 1.165) is 17.7 Å². The number of aryl methyl sites for hydroxylation is 2. The molecule has 0 unspecified atom stereocenters. The molecule has 0 saturated carbocycles. The van der Waals surface area contributed by atoms with Crippen molar-refractivity contribution in [3.05, 3.63) is 74.7 Å². The third-order valence-electron chi connectivity index (χ3n) is 5.50. The number of fused-ring (bicyclic) bond motifs is 3. The number of hydrogen-bond acceptors (Lipinski definition) is 3. The van der Waals surface area contributed by atoms with Crippen LogP contribution in [0.3, 0.4) is 0 Å². The van der Waals surface area contributed by atoms with E-state index >= 15 is 0 Å². The smallest absolute Gasteiger partial charge is 0.311 e. The van der Waals surface area contributed by atoms with Gasteiger partial charge in [0.1, 0.15) is 0 Å². The average molecular weight is 391 g/mol. The number of allylic oxidation sites excluding steroid dienone is 1. The number of hydrogen-bond donors (Lipinski definition) is 0. The Morgan fingerprint density at radius 3 is 2.59 bits per heavy atom. The summed E-state index contributed by atoms with van der Waals surface area (Å²) in [6, 6.07) is 10.0. The Labute approximate surface area is 168 Å². The van der Waals surface area contributed by atoms with E-state index in [1.807, 2.05) is 60.0 Å². The number of nitrogens with zero attached hydrogens (tertiary/aromatic N) is 5. The van der Waals surface area contributed by atoms with Crippen LogP contribution in [0.2, 0.25) is 0 Å². The van der Waals surface area contributed by atoms with Crippen molar-refractivity contribution in [1.29, 1.82) is 0 Å². The van der Waals surface area contributed by atoms with E-state index in [0.29, 0.717) is 16.9 Å². The van der Waals surface area contributed by atoms with Crippen molar-refractivity contribution in [2.24, 2.45) is 7.05 Å². The highest BCUT2D eigenvalue weighted by atomic mass is 16.2. The van der Waals surface area contributed by atoms with Crippen molar-refractivity contribution < 1.29 is 0 Å². The van der Waals surface area contributed by atoms with E-state index in [-0.39, 0.29) is 23.8 Å². The van der Waals surface area contributed by atoms with Crippen LogP contribution in [-0.4, -0.2) is 23.1 Å². The molecule has 4 aromatic rings. The predicted molar refractivity (Wildman–Crippen MR) is 115 cm³/mol. The van der Waals surface area contributed by atoms with Crippen molar-refractivity contribution in [1.82, 2.24) is 23.1 Å². The molecule has 7 heteroatoms. The third kappa shape index (κ3) is 3.03. The molecule has 29 heavy (non-hydrogen) atoms. The molecule has 0 aliphatic carbocycles. The van der Waals surface area contributed by atoms with Crippen LogP contribution in [0.1, 0.15) is 37.6 Å². The van der Waals surface area contributed by atoms with Crippen molar-refractivity contribution in [2.75, 3.05) is 0 Å². The highest BCUT2D eigenvalue weighted by Crippen LogP contribution is 2.22.